The number of ether oxygens (including phenoxy) is 1. The van der Waals surface area contributed by atoms with E-state index in [4.69, 9.17) is 4.74 Å². The molecule has 0 bridgehead atoms. The molecule has 5 heteroatoms. The van der Waals surface area contributed by atoms with Gasteiger partial charge in [-0.25, -0.2) is 9.78 Å². The second-order valence-corrected chi connectivity index (χ2v) is 5.81. The molecule has 0 aliphatic rings. The fraction of sp³-hybridized carbons (Fsp3) is 0.150. The Bertz CT molecular complexity index is 951. The third-order valence-corrected chi connectivity index (χ3v) is 3.93. The summed E-state index contributed by atoms with van der Waals surface area (Å²) in [6.45, 7) is 3.61. The number of nitrogens with one attached hydrogen (secondary N) is 1. The molecule has 0 radical (unpaired) electrons. The SMILES string of the molecule is Cc1ccc(NC(=O)COC(=O)c2ccc3ccccc3n2)cc1C. The van der Waals surface area contributed by atoms with Crippen molar-refractivity contribution in [3.05, 3.63) is 71.4 Å². The van der Waals surface area contributed by atoms with Gasteiger partial charge in [-0.05, 0) is 49.2 Å². The molecular formula is C20H18N2O3. The van der Waals surface area contributed by atoms with Gasteiger partial charge in [0, 0.05) is 11.1 Å². The van der Waals surface area contributed by atoms with E-state index in [0.717, 1.165) is 16.5 Å². The Labute approximate surface area is 145 Å². The van der Waals surface area contributed by atoms with E-state index in [1.54, 1.807) is 12.1 Å². The molecule has 3 rings (SSSR count). The van der Waals surface area contributed by atoms with Gasteiger partial charge in [0.25, 0.3) is 5.91 Å². The van der Waals surface area contributed by atoms with Crippen LogP contribution in [-0.2, 0) is 9.53 Å². The minimum Gasteiger partial charge on any atom is -0.451 e. The number of benzene rings is 2. The molecule has 0 spiro atoms. The predicted molar refractivity (Wildman–Crippen MR) is 96.6 cm³/mol. The van der Waals surface area contributed by atoms with E-state index in [1.165, 1.54) is 0 Å². The Morgan fingerprint density at radius 2 is 1.80 bits per heavy atom. The van der Waals surface area contributed by atoms with Crippen LogP contribution >= 0.6 is 0 Å². The van der Waals surface area contributed by atoms with Crippen LogP contribution in [0.2, 0.25) is 0 Å². The minimum atomic E-state index is -0.624. The van der Waals surface area contributed by atoms with E-state index >= 15 is 0 Å². The van der Waals surface area contributed by atoms with Gasteiger partial charge < -0.3 is 10.1 Å². The Morgan fingerprint density at radius 1 is 1.00 bits per heavy atom. The zero-order chi connectivity index (χ0) is 17.8. The first-order chi connectivity index (χ1) is 12.0. The monoisotopic (exact) mass is 334 g/mol. The molecule has 0 aliphatic carbocycles. The minimum absolute atomic E-state index is 0.178. The summed E-state index contributed by atoms with van der Waals surface area (Å²) in [5, 5.41) is 3.65. The zero-order valence-corrected chi connectivity index (χ0v) is 14.1. The van der Waals surface area contributed by atoms with Gasteiger partial charge in [0.15, 0.2) is 6.61 Å². The van der Waals surface area contributed by atoms with Gasteiger partial charge in [0.1, 0.15) is 5.69 Å². The van der Waals surface area contributed by atoms with Crippen LogP contribution in [0.3, 0.4) is 0 Å². The normalized spacial score (nSPS) is 10.5. The fourth-order valence-corrected chi connectivity index (χ4v) is 2.40. The molecule has 126 valence electrons. The standard InChI is InChI=1S/C20H18N2O3/c1-13-7-9-16(11-14(13)2)21-19(23)12-25-20(24)18-10-8-15-5-3-4-6-17(15)22-18/h3-11H,12H2,1-2H3,(H,21,23). The molecule has 2 aromatic carbocycles. The molecule has 25 heavy (non-hydrogen) atoms. The van der Waals surface area contributed by atoms with Crippen LogP contribution in [0.25, 0.3) is 10.9 Å². The third-order valence-electron chi connectivity index (χ3n) is 3.93. The van der Waals surface area contributed by atoms with Crippen LogP contribution in [0.5, 0.6) is 0 Å². The summed E-state index contributed by atoms with van der Waals surface area (Å²) in [7, 11) is 0. The number of esters is 1. The van der Waals surface area contributed by atoms with E-state index in [-0.39, 0.29) is 12.3 Å². The maximum absolute atomic E-state index is 12.1. The molecule has 5 nitrogen and oxygen atoms in total. The maximum Gasteiger partial charge on any atom is 0.357 e. The first kappa shape index (κ1) is 16.6. The molecule has 1 amide bonds. The van der Waals surface area contributed by atoms with Crippen molar-refractivity contribution in [1.29, 1.82) is 0 Å². The quantitative estimate of drug-likeness (QED) is 0.740. The van der Waals surface area contributed by atoms with E-state index in [0.29, 0.717) is 11.2 Å². The zero-order valence-electron chi connectivity index (χ0n) is 14.1. The van der Waals surface area contributed by atoms with Crippen LogP contribution in [0.4, 0.5) is 5.69 Å². The molecule has 1 heterocycles. The number of anilines is 1. The van der Waals surface area contributed by atoms with Crippen molar-refractivity contribution >= 4 is 28.5 Å². The van der Waals surface area contributed by atoms with Crippen LogP contribution in [0.15, 0.2) is 54.6 Å². The molecule has 0 unspecified atom stereocenters. The molecular weight excluding hydrogens is 316 g/mol. The van der Waals surface area contributed by atoms with Crippen LogP contribution in [0.1, 0.15) is 21.6 Å². The topological polar surface area (TPSA) is 68.3 Å². The van der Waals surface area contributed by atoms with Gasteiger partial charge in [0.2, 0.25) is 0 Å². The van der Waals surface area contributed by atoms with Gasteiger partial charge in [-0.3, -0.25) is 4.79 Å². The van der Waals surface area contributed by atoms with Crippen LogP contribution in [-0.4, -0.2) is 23.5 Å². The molecule has 3 aromatic rings. The number of hydrogen-bond donors (Lipinski definition) is 1. The highest BCUT2D eigenvalue weighted by Gasteiger charge is 2.12. The largest absolute Gasteiger partial charge is 0.451 e. The van der Waals surface area contributed by atoms with Crippen molar-refractivity contribution in [3.63, 3.8) is 0 Å². The maximum atomic E-state index is 12.1. The molecule has 0 fully saturated rings. The summed E-state index contributed by atoms with van der Waals surface area (Å²) < 4.78 is 5.05. The highest BCUT2D eigenvalue weighted by molar-refractivity contribution is 5.95. The lowest BCUT2D eigenvalue weighted by Crippen LogP contribution is -2.21. The van der Waals surface area contributed by atoms with Crippen LogP contribution < -0.4 is 5.32 Å². The molecule has 1 aromatic heterocycles. The molecule has 0 atom stereocenters. The van der Waals surface area contributed by atoms with E-state index in [2.05, 4.69) is 10.3 Å². The summed E-state index contributed by atoms with van der Waals surface area (Å²) in [6.07, 6.45) is 0. The van der Waals surface area contributed by atoms with Gasteiger partial charge in [-0.1, -0.05) is 30.3 Å². The average molecular weight is 334 g/mol. The molecule has 0 aliphatic heterocycles. The van der Waals surface area contributed by atoms with E-state index < -0.39 is 11.9 Å². The number of fused-ring (bicyclic) bond motifs is 1. The Hall–Kier alpha value is -3.21. The number of hydrogen-bond acceptors (Lipinski definition) is 4. The number of pyridine rings is 1. The van der Waals surface area contributed by atoms with Crippen molar-refractivity contribution in [1.82, 2.24) is 4.98 Å². The number of carbonyl (C=O) groups is 2. The number of carbonyl (C=O) groups excluding carboxylic acids is 2. The Kier molecular flexibility index (Phi) is 4.75. The van der Waals surface area contributed by atoms with Crippen molar-refractivity contribution in [2.24, 2.45) is 0 Å². The second kappa shape index (κ2) is 7.13. The number of aryl methyl sites for hydroxylation is 2. The van der Waals surface area contributed by atoms with Crippen molar-refractivity contribution < 1.29 is 14.3 Å². The summed E-state index contributed by atoms with van der Waals surface area (Å²) in [6, 6.07) is 16.5. The Morgan fingerprint density at radius 3 is 2.60 bits per heavy atom. The lowest BCUT2D eigenvalue weighted by atomic mass is 10.1. The Balaban J connectivity index is 1.60. The summed E-state index contributed by atoms with van der Waals surface area (Å²) in [5.74, 6) is -1.02. The van der Waals surface area contributed by atoms with Crippen molar-refractivity contribution in [2.45, 2.75) is 13.8 Å². The first-order valence-corrected chi connectivity index (χ1v) is 7.93. The summed E-state index contributed by atoms with van der Waals surface area (Å²) >= 11 is 0. The number of nitrogens with zero attached hydrogens (tertiary/aromatic N) is 1. The summed E-state index contributed by atoms with van der Waals surface area (Å²) in [4.78, 5) is 28.3. The van der Waals surface area contributed by atoms with Gasteiger partial charge in [-0.15, -0.1) is 0 Å². The van der Waals surface area contributed by atoms with Crippen molar-refractivity contribution in [3.8, 4) is 0 Å². The van der Waals surface area contributed by atoms with E-state index in [9.17, 15) is 9.59 Å². The number of para-hydroxylation sites is 1. The lowest BCUT2D eigenvalue weighted by Gasteiger charge is -2.08. The number of amides is 1. The lowest BCUT2D eigenvalue weighted by molar-refractivity contribution is -0.119. The highest BCUT2D eigenvalue weighted by Crippen LogP contribution is 2.14. The molecule has 1 N–H and O–H groups in total. The smallest absolute Gasteiger partial charge is 0.357 e. The molecule has 0 saturated carbocycles. The van der Waals surface area contributed by atoms with Gasteiger partial charge in [0.05, 0.1) is 5.52 Å². The van der Waals surface area contributed by atoms with Crippen LogP contribution in [0, 0.1) is 13.8 Å². The number of rotatable bonds is 4. The molecule has 0 saturated heterocycles. The summed E-state index contributed by atoms with van der Waals surface area (Å²) in [5.41, 5.74) is 3.78. The van der Waals surface area contributed by atoms with Gasteiger partial charge in [-0.2, -0.15) is 0 Å². The third kappa shape index (κ3) is 4.01. The second-order valence-electron chi connectivity index (χ2n) is 5.81. The predicted octanol–water partition coefficient (Wildman–Crippen LogP) is 3.65. The first-order valence-electron chi connectivity index (χ1n) is 7.93. The number of aromatic nitrogens is 1. The average Bonchev–Trinajstić information content (AvgIpc) is 2.62. The van der Waals surface area contributed by atoms with E-state index in [1.807, 2.05) is 56.3 Å². The highest BCUT2D eigenvalue weighted by atomic mass is 16.5. The van der Waals surface area contributed by atoms with Crippen molar-refractivity contribution in [2.75, 3.05) is 11.9 Å². The van der Waals surface area contributed by atoms with Gasteiger partial charge >= 0.3 is 5.97 Å². The fourth-order valence-electron chi connectivity index (χ4n) is 2.40.